The molecular formula is C28H25ClN2O3. The van der Waals surface area contributed by atoms with Crippen LogP contribution in [0.15, 0.2) is 72.8 Å². The molecule has 5 nitrogen and oxygen atoms in total. The third-order valence-corrected chi connectivity index (χ3v) is 7.29. The number of rotatable bonds is 3. The first-order valence-electron chi connectivity index (χ1n) is 11.3. The van der Waals surface area contributed by atoms with E-state index in [-0.39, 0.29) is 17.9 Å². The Kier molecular flexibility index (Phi) is 5.14. The number of anilines is 1. The zero-order chi connectivity index (χ0) is 24.3. The monoisotopic (exact) mass is 472 g/mol. The van der Waals surface area contributed by atoms with Gasteiger partial charge in [-0.2, -0.15) is 0 Å². The zero-order valence-corrected chi connectivity index (χ0v) is 20.1. The summed E-state index contributed by atoms with van der Waals surface area (Å²) in [7, 11) is 0. The number of para-hydroxylation sites is 1. The fraction of sp³-hybridized carbons (Fsp3) is 0.250. The number of fused-ring (bicyclic) bond motifs is 2. The van der Waals surface area contributed by atoms with E-state index in [1.165, 1.54) is 0 Å². The highest BCUT2D eigenvalue weighted by atomic mass is 35.5. The van der Waals surface area contributed by atoms with E-state index in [1.54, 1.807) is 29.2 Å². The van der Waals surface area contributed by atoms with Gasteiger partial charge in [0, 0.05) is 21.7 Å². The molecule has 1 unspecified atom stereocenters. The van der Waals surface area contributed by atoms with Crippen molar-refractivity contribution >= 4 is 35.0 Å². The first-order chi connectivity index (χ1) is 16.1. The van der Waals surface area contributed by atoms with Crippen LogP contribution in [0.5, 0.6) is 0 Å². The zero-order valence-electron chi connectivity index (χ0n) is 19.3. The quantitative estimate of drug-likeness (QED) is 0.476. The van der Waals surface area contributed by atoms with Gasteiger partial charge in [0.25, 0.3) is 11.8 Å². The molecule has 3 aromatic rings. The van der Waals surface area contributed by atoms with Gasteiger partial charge in [-0.1, -0.05) is 61.0 Å². The van der Waals surface area contributed by atoms with Crippen LogP contribution in [-0.2, 0) is 10.2 Å². The molecule has 2 aliphatic rings. The van der Waals surface area contributed by atoms with Crippen molar-refractivity contribution < 1.29 is 14.4 Å². The standard InChI is InChI=1S/C28H25ClN2O3/c1-27(2)17-28(3,18-12-14-19(29)15-13-18)22-10-6-7-11-23(22)31(27)24(32)16-30-25(33)20-8-4-5-9-21(20)26(30)34/h4-15H,16-17H2,1-3H3. The highest BCUT2D eigenvalue weighted by molar-refractivity contribution is 6.30. The molecular weight excluding hydrogens is 448 g/mol. The number of carbonyl (C=O) groups excluding carboxylic acids is 3. The summed E-state index contributed by atoms with van der Waals surface area (Å²) in [5, 5.41) is 0.674. The summed E-state index contributed by atoms with van der Waals surface area (Å²) in [5.74, 6) is -1.14. The van der Waals surface area contributed by atoms with Crippen molar-refractivity contribution in [1.82, 2.24) is 4.90 Å². The smallest absolute Gasteiger partial charge is 0.262 e. The number of nitrogens with zero attached hydrogens (tertiary/aromatic N) is 2. The Morgan fingerprint density at radius 3 is 2.03 bits per heavy atom. The minimum atomic E-state index is -0.571. The molecule has 2 aliphatic heterocycles. The lowest BCUT2D eigenvalue weighted by Gasteiger charge is -2.51. The van der Waals surface area contributed by atoms with Gasteiger partial charge in [-0.25, -0.2) is 0 Å². The first kappa shape index (κ1) is 22.4. The summed E-state index contributed by atoms with van der Waals surface area (Å²) in [6.45, 7) is 5.93. The summed E-state index contributed by atoms with van der Waals surface area (Å²) in [6.07, 6.45) is 0.659. The van der Waals surface area contributed by atoms with Crippen LogP contribution in [0.3, 0.4) is 0 Å². The first-order valence-corrected chi connectivity index (χ1v) is 11.7. The van der Waals surface area contributed by atoms with Crippen LogP contribution >= 0.6 is 11.6 Å². The van der Waals surface area contributed by atoms with Gasteiger partial charge in [-0.3, -0.25) is 19.3 Å². The third kappa shape index (κ3) is 3.34. The topological polar surface area (TPSA) is 57.7 Å². The second-order valence-electron chi connectivity index (χ2n) is 9.82. The number of hydrogen-bond donors (Lipinski definition) is 0. The Balaban J connectivity index is 1.53. The van der Waals surface area contributed by atoms with Gasteiger partial charge in [0.05, 0.1) is 11.1 Å². The fourth-order valence-corrected chi connectivity index (χ4v) is 5.76. The van der Waals surface area contributed by atoms with E-state index in [9.17, 15) is 14.4 Å². The molecule has 2 heterocycles. The Labute approximate surface area is 203 Å². The summed E-state index contributed by atoms with van der Waals surface area (Å²) in [4.78, 5) is 42.3. The van der Waals surface area contributed by atoms with Crippen LogP contribution < -0.4 is 4.90 Å². The molecule has 0 aromatic heterocycles. The average molecular weight is 473 g/mol. The maximum atomic E-state index is 13.7. The van der Waals surface area contributed by atoms with E-state index < -0.39 is 17.4 Å². The molecule has 0 saturated heterocycles. The molecule has 0 saturated carbocycles. The Hall–Kier alpha value is -3.44. The average Bonchev–Trinajstić information content (AvgIpc) is 3.04. The van der Waals surface area contributed by atoms with Crippen LogP contribution in [0.2, 0.25) is 5.02 Å². The summed E-state index contributed by atoms with van der Waals surface area (Å²) >= 11 is 6.14. The molecule has 0 aliphatic carbocycles. The molecule has 3 aromatic carbocycles. The summed E-state index contributed by atoms with van der Waals surface area (Å²) < 4.78 is 0. The SMILES string of the molecule is CC1(c2ccc(Cl)cc2)CC(C)(C)N(C(=O)CN2C(=O)c3ccccc3C2=O)c2ccccc21. The molecule has 3 amide bonds. The van der Waals surface area contributed by atoms with Crippen molar-refractivity contribution in [3.8, 4) is 0 Å². The van der Waals surface area contributed by atoms with E-state index in [0.717, 1.165) is 21.7 Å². The van der Waals surface area contributed by atoms with Crippen molar-refractivity contribution in [2.24, 2.45) is 0 Å². The van der Waals surface area contributed by atoms with E-state index in [4.69, 9.17) is 11.6 Å². The second kappa shape index (κ2) is 7.81. The van der Waals surface area contributed by atoms with E-state index in [1.807, 2.05) is 62.4 Å². The number of imide groups is 1. The van der Waals surface area contributed by atoms with Gasteiger partial charge in [0.1, 0.15) is 6.54 Å². The van der Waals surface area contributed by atoms with Crippen LogP contribution in [-0.4, -0.2) is 34.7 Å². The van der Waals surface area contributed by atoms with Crippen molar-refractivity contribution in [2.45, 2.75) is 38.1 Å². The molecule has 0 bridgehead atoms. The van der Waals surface area contributed by atoms with Gasteiger partial charge < -0.3 is 4.90 Å². The van der Waals surface area contributed by atoms with E-state index >= 15 is 0 Å². The molecule has 5 rings (SSSR count). The van der Waals surface area contributed by atoms with Crippen molar-refractivity contribution in [1.29, 1.82) is 0 Å². The van der Waals surface area contributed by atoms with Crippen LogP contribution in [0, 0.1) is 0 Å². The highest BCUT2D eigenvalue weighted by Crippen LogP contribution is 2.50. The molecule has 0 N–H and O–H groups in total. The number of amides is 3. The van der Waals surface area contributed by atoms with Crippen molar-refractivity contribution in [3.63, 3.8) is 0 Å². The van der Waals surface area contributed by atoms with E-state index in [2.05, 4.69) is 6.92 Å². The van der Waals surface area contributed by atoms with Crippen molar-refractivity contribution in [2.75, 3.05) is 11.4 Å². The van der Waals surface area contributed by atoms with Crippen LogP contribution in [0.25, 0.3) is 0 Å². The largest absolute Gasteiger partial charge is 0.305 e. The fourth-order valence-electron chi connectivity index (χ4n) is 5.64. The third-order valence-electron chi connectivity index (χ3n) is 7.03. The predicted molar refractivity (Wildman–Crippen MR) is 132 cm³/mol. The molecule has 34 heavy (non-hydrogen) atoms. The number of hydrogen-bond acceptors (Lipinski definition) is 3. The Morgan fingerprint density at radius 1 is 0.853 bits per heavy atom. The summed E-state index contributed by atoms with van der Waals surface area (Å²) in [5.41, 5.74) is 2.69. The molecule has 6 heteroatoms. The van der Waals surface area contributed by atoms with E-state index in [0.29, 0.717) is 22.6 Å². The lowest BCUT2D eigenvalue weighted by molar-refractivity contribution is -0.120. The molecule has 0 spiro atoms. The van der Waals surface area contributed by atoms with Crippen LogP contribution in [0.1, 0.15) is 59.0 Å². The normalized spacial score (nSPS) is 20.8. The lowest BCUT2D eigenvalue weighted by atomic mass is 9.65. The molecule has 1 atom stereocenters. The minimum absolute atomic E-state index is 0.287. The van der Waals surface area contributed by atoms with Gasteiger partial charge in [-0.05, 0) is 61.7 Å². The Bertz CT molecular complexity index is 1300. The second-order valence-corrected chi connectivity index (χ2v) is 10.3. The Morgan fingerprint density at radius 2 is 1.41 bits per heavy atom. The highest BCUT2D eigenvalue weighted by Gasteiger charge is 2.48. The van der Waals surface area contributed by atoms with Gasteiger partial charge >= 0.3 is 0 Å². The maximum Gasteiger partial charge on any atom is 0.262 e. The lowest BCUT2D eigenvalue weighted by Crippen LogP contribution is -2.58. The minimum Gasteiger partial charge on any atom is -0.305 e. The maximum absolute atomic E-state index is 13.7. The van der Waals surface area contributed by atoms with Crippen LogP contribution in [0.4, 0.5) is 5.69 Å². The number of benzene rings is 3. The predicted octanol–water partition coefficient (Wildman–Crippen LogP) is 5.46. The van der Waals surface area contributed by atoms with Gasteiger partial charge in [0.15, 0.2) is 0 Å². The van der Waals surface area contributed by atoms with Gasteiger partial charge in [0.2, 0.25) is 5.91 Å². The molecule has 172 valence electrons. The molecule has 0 fully saturated rings. The number of carbonyl (C=O) groups is 3. The molecule has 0 radical (unpaired) electrons. The van der Waals surface area contributed by atoms with Crippen molar-refractivity contribution in [3.05, 3.63) is 100 Å². The van der Waals surface area contributed by atoms with Gasteiger partial charge in [-0.15, -0.1) is 0 Å². The summed E-state index contributed by atoms with van der Waals surface area (Å²) in [6, 6.07) is 22.4. The number of halogens is 1.